The number of unbranched alkanes of at least 4 members (excludes halogenated alkanes) is 1. The Bertz CT molecular complexity index is 1450. The smallest absolute Gasteiger partial charge is 0.326 e. The zero-order chi connectivity index (χ0) is 46.1. The van der Waals surface area contributed by atoms with Gasteiger partial charge in [0.1, 0.15) is 36.3 Å². The molecule has 8 atom stereocenters. The van der Waals surface area contributed by atoms with Crippen LogP contribution in [0.2, 0.25) is 0 Å². The van der Waals surface area contributed by atoms with Gasteiger partial charge in [-0.1, -0.05) is 48.0 Å². The number of nitrogens with one attached hydrogen (secondary N) is 6. The van der Waals surface area contributed by atoms with Gasteiger partial charge in [0.05, 0.1) is 6.04 Å². The van der Waals surface area contributed by atoms with Crippen molar-refractivity contribution in [2.24, 2.45) is 45.7 Å². The molecule has 0 aliphatic rings. The van der Waals surface area contributed by atoms with Gasteiger partial charge in [-0.2, -0.15) is 12.6 Å². The van der Waals surface area contributed by atoms with Crippen molar-refractivity contribution in [1.82, 2.24) is 31.9 Å². The molecule has 0 spiro atoms. The predicted octanol–water partition coefficient (Wildman–Crippen LogP) is -1.58. The third-order valence-corrected chi connectivity index (χ3v) is 9.80. The lowest BCUT2D eigenvalue weighted by molar-refractivity contribution is -0.142. The molecule has 0 aliphatic carbocycles. The molecular formula is C38H71N11O10S. The highest BCUT2D eigenvalue weighted by atomic mass is 32.1. The molecule has 0 aliphatic heterocycles. The second-order valence-electron chi connectivity index (χ2n) is 15.7. The molecule has 0 fully saturated rings. The monoisotopic (exact) mass is 874 g/mol. The van der Waals surface area contributed by atoms with E-state index in [1.165, 1.54) is 0 Å². The first-order valence-corrected chi connectivity index (χ1v) is 21.1. The Hall–Kier alpha value is -4.70. The van der Waals surface area contributed by atoms with E-state index in [1.54, 1.807) is 27.7 Å². The number of thiol groups is 1. The van der Waals surface area contributed by atoms with Gasteiger partial charge < -0.3 is 65.0 Å². The zero-order valence-electron chi connectivity index (χ0n) is 35.8. The van der Waals surface area contributed by atoms with Crippen molar-refractivity contribution in [1.29, 1.82) is 0 Å². The summed E-state index contributed by atoms with van der Waals surface area (Å²) >= 11 is 4.18. The van der Waals surface area contributed by atoms with Gasteiger partial charge >= 0.3 is 11.9 Å². The van der Waals surface area contributed by atoms with Gasteiger partial charge in [0, 0.05) is 18.7 Å². The first-order valence-electron chi connectivity index (χ1n) is 20.5. The second-order valence-corrected chi connectivity index (χ2v) is 16.1. The third kappa shape index (κ3) is 22.6. The van der Waals surface area contributed by atoms with E-state index in [9.17, 15) is 48.6 Å². The van der Waals surface area contributed by atoms with Crippen LogP contribution in [0.4, 0.5) is 0 Å². The molecule has 0 saturated carbocycles. The third-order valence-electron chi connectivity index (χ3n) is 9.43. The summed E-state index contributed by atoms with van der Waals surface area (Å²) in [5.41, 5.74) is 22.6. The number of nitrogens with zero attached hydrogens (tertiary/aromatic N) is 1. The van der Waals surface area contributed by atoms with E-state index < -0.39 is 102 Å². The van der Waals surface area contributed by atoms with Crippen LogP contribution < -0.4 is 54.8 Å². The van der Waals surface area contributed by atoms with Crippen molar-refractivity contribution < 1.29 is 48.6 Å². The Kier molecular flexibility index (Phi) is 27.2. The molecule has 0 aromatic carbocycles. The molecule has 21 nitrogen and oxygen atoms in total. The highest BCUT2D eigenvalue weighted by Gasteiger charge is 2.35. The van der Waals surface area contributed by atoms with Gasteiger partial charge in [0.2, 0.25) is 35.4 Å². The highest BCUT2D eigenvalue weighted by Crippen LogP contribution is 2.13. The maximum atomic E-state index is 14.0. The summed E-state index contributed by atoms with van der Waals surface area (Å²) in [4.78, 5) is 108. The Morgan fingerprint density at radius 1 is 0.617 bits per heavy atom. The van der Waals surface area contributed by atoms with Crippen LogP contribution in [0, 0.1) is 17.8 Å². The molecule has 0 rings (SSSR count). The van der Waals surface area contributed by atoms with Crippen LogP contribution in [0.5, 0.6) is 0 Å². The minimum Gasteiger partial charge on any atom is -0.481 e. The van der Waals surface area contributed by atoms with Crippen molar-refractivity contribution in [3.05, 3.63) is 0 Å². The van der Waals surface area contributed by atoms with E-state index in [-0.39, 0.29) is 68.7 Å². The fraction of sp³-hybridized carbons (Fsp3) is 0.763. The average molecular weight is 874 g/mol. The average Bonchev–Trinajstić information content (AvgIpc) is 3.16. The molecule has 0 heterocycles. The lowest BCUT2D eigenvalue weighted by Crippen LogP contribution is -2.61. The Balaban J connectivity index is 6.51. The lowest BCUT2D eigenvalue weighted by atomic mass is 9.96. The molecule has 344 valence electrons. The number of guanidine groups is 1. The summed E-state index contributed by atoms with van der Waals surface area (Å²) < 4.78 is 0. The van der Waals surface area contributed by atoms with E-state index in [0.29, 0.717) is 25.7 Å². The molecule has 6 amide bonds. The Labute approximate surface area is 358 Å². The fourth-order valence-electron chi connectivity index (χ4n) is 5.89. The maximum absolute atomic E-state index is 14.0. The van der Waals surface area contributed by atoms with Gasteiger partial charge in [-0.05, 0) is 75.7 Å². The number of carbonyl (C=O) groups excluding carboxylic acids is 6. The number of nitrogens with two attached hydrogens (primary N) is 4. The number of aliphatic carboxylic acids is 2. The number of hydrogen-bond acceptors (Lipinski definition) is 12. The van der Waals surface area contributed by atoms with E-state index in [1.807, 2.05) is 13.8 Å². The summed E-state index contributed by atoms with van der Waals surface area (Å²) in [5, 5.41) is 34.3. The molecule has 0 aromatic heterocycles. The van der Waals surface area contributed by atoms with Crippen LogP contribution >= 0.6 is 12.6 Å². The van der Waals surface area contributed by atoms with Crippen LogP contribution in [0.15, 0.2) is 4.99 Å². The number of carboxylic acid groups (broad SMARTS) is 2. The summed E-state index contributed by atoms with van der Waals surface area (Å²) in [7, 11) is 0. The number of aliphatic imine (C=N–C) groups is 1. The lowest BCUT2D eigenvalue weighted by Gasteiger charge is -2.29. The standard InChI is InChI=1S/C38H71N11O10S/c1-7-22(6)30(49-34(55)26(13-14-29(50)51)44-31(52)23(40)17-20(2)3)36(57)46-24(11-8-9-15-39)32(53)45-25(12-10-16-43-38(41)42)33(54)48-28(19-60)35(56)47-27(37(58)59)18-21(4)5/h20-28,30,60H,7-19,39-40H2,1-6H3,(H,44,52)(H,45,53)(H,46,57)(H,47,56)(H,48,54)(H,49,55)(H,50,51)(H,58,59)(H4,41,42,43)/t22-,23-,24-,25-,26-,27-,28-,30-/m0/s1. The van der Waals surface area contributed by atoms with Crippen LogP contribution in [0.1, 0.15) is 106 Å². The second kappa shape index (κ2) is 29.5. The molecular weight excluding hydrogens is 803 g/mol. The molecule has 0 radical (unpaired) electrons. The molecule has 16 N–H and O–H groups in total. The van der Waals surface area contributed by atoms with Gasteiger partial charge in [0.25, 0.3) is 0 Å². The fourth-order valence-corrected chi connectivity index (χ4v) is 6.14. The number of carboxylic acids is 2. The van der Waals surface area contributed by atoms with E-state index in [0.717, 1.165) is 0 Å². The molecule has 60 heavy (non-hydrogen) atoms. The minimum absolute atomic E-state index is 0.0281. The van der Waals surface area contributed by atoms with Crippen LogP contribution in [0.25, 0.3) is 0 Å². The van der Waals surface area contributed by atoms with Crippen molar-refractivity contribution >= 4 is 66.0 Å². The normalized spacial score (nSPS) is 15.2. The summed E-state index contributed by atoms with van der Waals surface area (Å²) in [6.45, 7) is 11.1. The van der Waals surface area contributed by atoms with Gasteiger partial charge in [-0.15, -0.1) is 0 Å². The van der Waals surface area contributed by atoms with Crippen molar-refractivity contribution in [3.8, 4) is 0 Å². The number of hydrogen-bond donors (Lipinski definition) is 13. The summed E-state index contributed by atoms with van der Waals surface area (Å²) in [6.07, 6.45) is 1.14. The maximum Gasteiger partial charge on any atom is 0.326 e. The number of carbonyl (C=O) groups is 8. The largest absolute Gasteiger partial charge is 0.481 e. The molecule has 0 aromatic rings. The summed E-state index contributed by atoms with van der Waals surface area (Å²) in [5.74, 6) is -8.04. The highest BCUT2D eigenvalue weighted by molar-refractivity contribution is 7.80. The first-order chi connectivity index (χ1) is 28.1. The molecule has 0 saturated heterocycles. The first kappa shape index (κ1) is 55.3. The van der Waals surface area contributed by atoms with Crippen molar-refractivity contribution in [2.45, 2.75) is 148 Å². The Morgan fingerprint density at radius 2 is 1.08 bits per heavy atom. The van der Waals surface area contributed by atoms with Crippen molar-refractivity contribution in [2.75, 3.05) is 18.8 Å². The van der Waals surface area contributed by atoms with Crippen LogP contribution in [-0.2, 0) is 38.4 Å². The molecule has 22 heteroatoms. The number of rotatable bonds is 31. The summed E-state index contributed by atoms with van der Waals surface area (Å²) in [6, 6.07) is -8.64. The topological polar surface area (TPSA) is 366 Å². The van der Waals surface area contributed by atoms with E-state index in [4.69, 9.17) is 22.9 Å². The van der Waals surface area contributed by atoms with Crippen LogP contribution in [-0.4, -0.2) is 125 Å². The van der Waals surface area contributed by atoms with Gasteiger partial charge in [0.15, 0.2) is 5.96 Å². The Morgan fingerprint density at radius 3 is 1.57 bits per heavy atom. The van der Waals surface area contributed by atoms with E-state index >= 15 is 0 Å². The van der Waals surface area contributed by atoms with Gasteiger partial charge in [-0.25, -0.2) is 4.79 Å². The van der Waals surface area contributed by atoms with Crippen molar-refractivity contribution in [3.63, 3.8) is 0 Å². The quantitative estimate of drug-likeness (QED) is 0.0162. The molecule has 0 unspecified atom stereocenters. The minimum atomic E-state index is -1.35. The predicted molar refractivity (Wildman–Crippen MR) is 229 cm³/mol. The van der Waals surface area contributed by atoms with E-state index in [2.05, 4.69) is 49.5 Å². The van der Waals surface area contributed by atoms with Gasteiger partial charge in [-0.3, -0.25) is 38.6 Å². The number of amides is 6. The SMILES string of the molecule is CC[C@H](C)[C@H](NC(=O)[C@H](CCC(=O)O)NC(=O)[C@@H](N)CC(C)C)C(=O)N[C@@H](CCCCN)C(=O)N[C@@H](CCCN=C(N)N)C(=O)N[C@@H](CS)C(=O)N[C@@H](CC(C)C)C(=O)O. The molecule has 0 bridgehead atoms. The van der Waals surface area contributed by atoms with Crippen LogP contribution in [0.3, 0.4) is 0 Å². The zero-order valence-corrected chi connectivity index (χ0v) is 36.7.